The number of carbonyl (C=O) groups is 3. The molecular formula is C25H26N2O5. The number of ether oxygens (including phenoxy) is 2. The van der Waals surface area contributed by atoms with Gasteiger partial charge in [0, 0.05) is 16.9 Å². The summed E-state index contributed by atoms with van der Waals surface area (Å²) in [6.07, 6.45) is -1.06. The smallest absolute Gasteiger partial charge is 0.355 e. The first kappa shape index (κ1) is 22.8. The number of aromatic amines is 1. The zero-order valence-corrected chi connectivity index (χ0v) is 18.5. The van der Waals surface area contributed by atoms with Gasteiger partial charge >= 0.3 is 11.9 Å². The topological polar surface area (TPSA) is 97.5 Å². The molecule has 3 aromatic rings. The number of hydrogen-bond donors (Lipinski definition) is 2. The van der Waals surface area contributed by atoms with Crippen LogP contribution in [0.3, 0.4) is 0 Å². The molecule has 1 unspecified atom stereocenters. The van der Waals surface area contributed by atoms with Gasteiger partial charge < -0.3 is 19.8 Å². The molecule has 1 amide bonds. The minimum Gasteiger partial charge on any atom is -0.462 e. The highest BCUT2D eigenvalue weighted by Gasteiger charge is 2.26. The molecule has 32 heavy (non-hydrogen) atoms. The van der Waals surface area contributed by atoms with Crippen LogP contribution in [-0.2, 0) is 14.3 Å². The van der Waals surface area contributed by atoms with E-state index in [0.717, 1.165) is 11.1 Å². The van der Waals surface area contributed by atoms with Crippen molar-refractivity contribution in [1.29, 1.82) is 0 Å². The monoisotopic (exact) mass is 434 g/mol. The number of esters is 2. The SMILES string of the molecule is CCOC(=O)c1c(C)[nH]c(C(=O)OC(C)C(=O)Nc2ccccc2-c2ccccc2)c1C. The molecule has 2 N–H and O–H groups in total. The minimum atomic E-state index is -1.06. The van der Waals surface area contributed by atoms with E-state index < -0.39 is 23.9 Å². The second-order valence-corrected chi connectivity index (χ2v) is 7.29. The van der Waals surface area contributed by atoms with Crippen LogP contribution in [0, 0.1) is 13.8 Å². The second kappa shape index (κ2) is 9.96. The van der Waals surface area contributed by atoms with Gasteiger partial charge in [-0.25, -0.2) is 9.59 Å². The zero-order chi connectivity index (χ0) is 23.3. The Labute approximate surface area is 186 Å². The normalized spacial score (nSPS) is 11.5. The molecule has 0 aliphatic heterocycles. The van der Waals surface area contributed by atoms with Crippen LogP contribution in [-0.4, -0.2) is 35.5 Å². The Hall–Kier alpha value is -3.87. The van der Waals surface area contributed by atoms with E-state index in [1.165, 1.54) is 6.92 Å². The van der Waals surface area contributed by atoms with E-state index in [2.05, 4.69) is 10.3 Å². The van der Waals surface area contributed by atoms with Crippen molar-refractivity contribution in [3.05, 3.63) is 77.1 Å². The molecule has 0 bridgehead atoms. The Bertz CT molecular complexity index is 1130. The highest BCUT2D eigenvalue weighted by atomic mass is 16.5. The number of aromatic nitrogens is 1. The maximum atomic E-state index is 12.7. The lowest BCUT2D eigenvalue weighted by Crippen LogP contribution is -2.30. The van der Waals surface area contributed by atoms with E-state index in [1.807, 2.05) is 48.5 Å². The summed E-state index contributed by atoms with van der Waals surface area (Å²) in [5.41, 5.74) is 3.77. The quantitative estimate of drug-likeness (QED) is 0.527. The molecule has 7 heteroatoms. The average Bonchev–Trinajstić information content (AvgIpc) is 3.08. The Morgan fingerprint density at radius 3 is 2.31 bits per heavy atom. The number of aryl methyl sites for hydroxylation is 1. The molecule has 3 rings (SSSR count). The summed E-state index contributed by atoms with van der Waals surface area (Å²) in [4.78, 5) is 40.4. The number of benzene rings is 2. The molecule has 0 spiro atoms. The summed E-state index contributed by atoms with van der Waals surface area (Å²) in [6, 6.07) is 17.1. The van der Waals surface area contributed by atoms with Crippen LogP contribution >= 0.6 is 0 Å². The Balaban J connectivity index is 1.73. The molecule has 1 aromatic heterocycles. The van der Waals surface area contributed by atoms with Gasteiger partial charge in [0.1, 0.15) is 5.69 Å². The second-order valence-electron chi connectivity index (χ2n) is 7.29. The molecule has 0 saturated carbocycles. The number of hydrogen-bond acceptors (Lipinski definition) is 5. The summed E-state index contributed by atoms with van der Waals surface area (Å²) < 4.78 is 10.4. The lowest BCUT2D eigenvalue weighted by atomic mass is 10.0. The predicted molar refractivity (Wildman–Crippen MR) is 122 cm³/mol. The molecular weight excluding hydrogens is 408 g/mol. The highest BCUT2D eigenvalue weighted by Crippen LogP contribution is 2.28. The Morgan fingerprint density at radius 1 is 0.969 bits per heavy atom. The van der Waals surface area contributed by atoms with Crippen LogP contribution in [0.4, 0.5) is 5.69 Å². The van der Waals surface area contributed by atoms with Crippen molar-refractivity contribution in [2.75, 3.05) is 11.9 Å². The van der Waals surface area contributed by atoms with Crippen LogP contribution in [0.25, 0.3) is 11.1 Å². The number of amides is 1. The first-order valence-corrected chi connectivity index (χ1v) is 10.4. The minimum absolute atomic E-state index is 0.120. The molecule has 0 radical (unpaired) electrons. The first-order chi connectivity index (χ1) is 15.3. The van der Waals surface area contributed by atoms with Gasteiger partial charge in [-0.2, -0.15) is 0 Å². The van der Waals surface area contributed by atoms with E-state index >= 15 is 0 Å². The van der Waals surface area contributed by atoms with Gasteiger partial charge in [0.25, 0.3) is 5.91 Å². The van der Waals surface area contributed by atoms with Crippen LogP contribution in [0.1, 0.15) is 46.0 Å². The predicted octanol–water partition coefficient (Wildman–Crippen LogP) is 4.66. The van der Waals surface area contributed by atoms with Crippen molar-refractivity contribution >= 4 is 23.5 Å². The van der Waals surface area contributed by atoms with Crippen molar-refractivity contribution < 1.29 is 23.9 Å². The number of rotatable bonds is 7. The molecule has 7 nitrogen and oxygen atoms in total. The molecule has 2 aromatic carbocycles. The zero-order valence-electron chi connectivity index (χ0n) is 18.5. The van der Waals surface area contributed by atoms with Gasteiger partial charge in [0.15, 0.2) is 6.10 Å². The van der Waals surface area contributed by atoms with Gasteiger partial charge in [-0.3, -0.25) is 4.79 Å². The molecule has 0 aliphatic carbocycles. The van der Waals surface area contributed by atoms with Gasteiger partial charge in [-0.05, 0) is 44.9 Å². The lowest BCUT2D eigenvalue weighted by molar-refractivity contribution is -0.123. The molecule has 166 valence electrons. The molecule has 1 heterocycles. The van der Waals surface area contributed by atoms with Crippen LogP contribution in [0.5, 0.6) is 0 Å². The number of nitrogens with one attached hydrogen (secondary N) is 2. The van der Waals surface area contributed by atoms with Crippen molar-refractivity contribution in [3.63, 3.8) is 0 Å². The van der Waals surface area contributed by atoms with Crippen molar-refractivity contribution in [3.8, 4) is 11.1 Å². The fourth-order valence-electron chi connectivity index (χ4n) is 3.43. The average molecular weight is 434 g/mol. The first-order valence-electron chi connectivity index (χ1n) is 10.4. The molecule has 0 aliphatic rings. The van der Waals surface area contributed by atoms with E-state index in [1.54, 1.807) is 26.8 Å². The van der Waals surface area contributed by atoms with Crippen molar-refractivity contribution in [2.24, 2.45) is 0 Å². The van der Waals surface area contributed by atoms with Crippen LogP contribution < -0.4 is 5.32 Å². The Morgan fingerprint density at radius 2 is 1.62 bits per heavy atom. The summed E-state index contributed by atoms with van der Waals surface area (Å²) >= 11 is 0. The summed E-state index contributed by atoms with van der Waals surface area (Å²) in [6.45, 7) is 6.74. The van der Waals surface area contributed by atoms with Gasteiger partial charge in [0.05, 0.1) is 12.2 Å². The molecule has 0 saturated heterocycles. The fourth-order valence-corrected chi connectivity index (χ4v) is 3.43. The summed E-state index contributed by atoms with van der Waals surface area (Å²) in [7, 11) is 0. The van der Waals surface area contributed by atoms with Gasteiger partial charge in [-0.15, -0.1) is 0 Å². The van der Waals surface area contributed by atoms with Gasteiger partial charge in [0.2, 0.25) is 0 Å². The largest absolute Gasteiger partial charge is 0.462 e. The van der Waals surface area contributed by atoms with Crippen LogP contribution in [0.2, 0.25) is 0 Å². The van der Waals surface area contributed by atoms with Crippen molar-refractivity contribution in [1.82, 2.24) is 4.98 Å². The number of para-hydroxylation sites is 1. The maximum Gasteiger partial charge on any atom is 0.355 e. The number of H-pyrrole nitrogens is 1. The lowest BCUT2D eigenvalue weighted by Gasteiger charge is -2.16. The summed E-state index contributed by atoms with van der Waals surface area (Å²) in [5.74, 6) is -1.70. The molecule has 1 atom stereocenters. The highest BCUT2D eigenvalue weighted by molar-refractivity contribution is 6.01. The van der Waals surface area contributed by atoms with Crippen LogP contribution in [0.15, 0.2) is 54.6 Å². The summed E-state index contributed by atoms with van der Waals surface area (Å²) in [5, 5.41) is 2.83. The van der Waals surface area contributed by atoms with E-state index in [9.17, 15) is 14.4 Å². The third kappa shape index (κ3) is 4.88. The van der Waals surface area contributed by atoms with Crippen molar-refractivity contribution in [2.45, 2.75) is 33.8 Å². The van der Waals surface area contributed by atoms with E-state index in [-0.39, 0.29) is 12.3 Å². The third-order valence-electron chi connectivity index (χ3n) is 5.04. The fraction of sp³-hybridized carbons (Fsp3) is 0.240. The standard InChI is InChI=1S/C25H26N2O5/c1-5-31-24(29)21-15(2)22(26-16(21)3)25(30)32-17(4)23(28)27-20-14-10-9-13-19(20)18-11-7-6-8-12-18/h6-14,17,26H,5H2,1-4H3,(H,27,28). The van der Waals surface area contributed by atoms with E-state index in [0.29, 0.717) is 22.5 Å². The third-order valence-corrected chi connectivity index (χ3v) is 5.04. The Kier molecular flexibility index (Phi) is 7.10. The maximum absolute atomic E-state index is 12.7. The number of anilines is 1. The number of carbonyl (C=O) groups excluding carboxylic acids is 3. The van der Waals surface area contributed by atoms with E-state index in [4.69, 9.17) is 9.47 Å². The molecule has 0 fully saturated rings. The van der Waals surface area contributed by atoms with Gasteiger partial charge in [-0.1, -0.05) is 48.5 Å².